The molecule has 0 saturated carbocycles. The van der Waals surface area contributed by atoms with E-state index in [1.165, 1.54) is 4.68 Å². The van der Waals surface area contributed by atoms with Crippen molar-refractivity contribution in [3.8, 4) is 0 Å². The lowest BCUT2D eigenvalue weighted by atomic mass is 9.92. The normalized spacial score (nSPS) is 15.1. The van der Waals surface area contributed by atoms with Gasteiger partial charge in [-0.2, -0.15) is 5.10 Å². The highest BCUT2D eigenvalue weighted by Gasteiger charge is 2.34. The zero-order chi connectivity index (χ0) is 20.1. The van der Waals surface area contributed by atoms with E-state index in [2.05, 4.69) is 30.9 Å². The molecule has 146 valence electrons. The van der Waals surface area contributed by atoms with E-state index in [9.17, 15) is 9.59 Å². The summed E-state index contributed by atoms with van der Waals surface area (Å²) in [6.45, 7) is 9.85. The number of aryl methyl sites for hydroxylation is 1. The summed E-state index contributed by atoms with van der Waals surface area (Å²) < 4.78 is 3.37. The summed E-state index contributed by atoms with van der Waals surface area (Å²) in [7, 11) is 0. The van der Waals surface area contributed by atoms with Gasteiger partial charge in [-0.1, -0.05) is 26.8 Å². The van der Waals surface area contributed by atoms with Gasteiger partial charge in [0.05, 0.1) is 17.9 Å². The second-order valence-electron chi connectivity index (χ2n) is 8.54. The lowest BCUT2D eigenvalue weighted by molar-refractivity contribution is 0.0450. The van der Waals surface area contributed by atoms with Gasteiger partial charge in [0, 0.05) is 36.7 Å². The lowest BCUT2D eigenvalue weighted by Crippen LogP contribution is -2.52. The second kappa shape index (κ2) is 6.58. The Morgan fingerprint density at radius 2 is 1.93 bits per heavy atom. The molecule has 0 aliphatic carbocycles. The minimum absolute atomic E-state index is 0.0174. The van der Waals surface area contributed by atoms with Crippen LogP contribution in [-0.2, 0) is 12.0 Å². The van der Waals surface area contributed by atoms with Gasteiger partial charge in [0.1, 0.15) is 11.3 Å². The first-order chi connectivity index (χ1) is 13.2. The van der Waals surface area contributed by atoms with Gasteiger partial charge in [-0.25, -0.2) is 9.67 Å². The Hall–Kier alpha value is -2.96. The smallest absolute Gasteiger partial charge is 0.272 e. The molecule has 3 aromatic rings. The number of aromatic nitrogens is 4. The van der Waals surface area contributed by atoms with Gasteiger partial charge < -0.3 is 4.90 Å². The molecule has 7 nitrogen and oxygen atoms in total. The van der Waals surface area contributed by atoms with E-state index in [-0.39, 0.29) is 22.8 Å². The number of nitrogens with zero attached hydrogens (tertiary/aromatic N) is 5. The maximum absolute atomic E-state index is 13.0. The number of rotatable bonds is 3. The minimum atomic E-state index is -0.113. The molecule has 0 bridgehead atoms. The lowest BCUT2D eigenvalue weighted by Gasteiger charge is -2.39. The number of hydrogen-bond donors (Lipinski definition) is 0. The van der Waals surface area contributed by atoms with Crippen molar-refractivity contribution in [2.45, 2.75) is 39.7 Å². The minimum Gasteiger partial charge on any atom is -0.336 e. The van der Waals surface area contributed by atoms with Crippen molar-refractivity contribution in [2.24, 2.45) is 5.92 Å². The van der Waals surface area contributed by atoms with Crippen LogP contribution in [0.25, 0.3) is 5.65 Å². The third kappa shape index (κ3) is 3.21. The maximum Gasteiger partial charge on any atom is 0.272 e. The number of imidazole rings is 1. The predicted octanol–water partition coefficient (Wildman–Crippen LogP) is 2.27. The zero-order valence-corrected chi connectivity index (χ0v) is 16.7. The van der Waals surface area contributed by atoms with E-state index in [0.29, 0.717) is 25.3 Å². The van der Waals surface area contributed by atoms with Crippen molar-refractivity contribution in [3.63, 3.8) is 0 Å². The number of hydrogen-bond acceptors (Lipinski definition) is 4. The molecule has 4 rings (SSSR count). The quantitative estimate of drug-likeness (QED) is 0.700. The average Bonchev–Trinajstić information content (AvgIpc) is 2.93. The Balaban J connectivity index is 1.47. The topological polar surface area (TPSA) is 72.5 Å². The highest BCUT2D eigenvalue weighted by atomic mass is 16.2. The van der Waals surface area contributed by atoms with E-state index in [1.807, 2.05) is 40.6 Å². The SMILES string of the molecule is Cc1nc2ccccn2c1C(=O)N1CC(Cn2nc(C(C)(C)C)ccc2=O)C1. The molecule has 7 heteroatoms. The van der Waals surface area contributed by atoms with Crippen LogP contribution in [0.1, 0.15) is 42.6 Å². The molecule has 1 aliphatic rings. The Bertz CT molecular complexity index is 1100. The van der Waals surface area contributed by atoms with Crippen LogP contribution < -0.4 is 5.56 Å². The molecule has 1 amide bonds. The maximum atomic E-state index is 13.0. The number of carbonyl (C=O) groups is 1. The fourth-order valence-electron chi connectivity index (χ4n) is 3.60. The van der Waals surface area contributed by atoms with E-state index in [1.54, 1.807) is 12.1 Å². The van der Waals surface area contributed by atoms with Crippen LogP contribution in [0.4, 0.5) is 0 Å². The van der Waals surface area contributed by atoms with Crippen LogP contribution in [0.2, 0.25) is 0 Å². The van der Waals surface area contributed by atoms with Crippen LogP contribution >= 0.6 is 0 Å². The van der Waals surface area contributed by atoms with Gasteiger partial charge in [0.2, 0.25) is 0 Å². The van der Waals surface area contributed by atoms with Gasteiger partial charge >= 0.3 is 0 Å². The number of carbonyl (C=O) groups excluding carboxylic acids is 1. The van der Waals surface area contributed by atoms with Crippen molar-refractivity contribution < 1.29 is 4.79 Å². The highest BCUT2D eigenvalue weighted by Crippen LogP contribution is 2.23. The number of pyridine rings is 1. The molecule has 0 atom stereocenters. The van der Waals surface area contributed by atoms with E-state index in [0.717, 1.165) is 17.0 Å². The number of likely N-dealkylation sites (tertiary alicyclic amines) is 1. The van der Waals surface area contributed by atoms with E-state index in [4.69, 9.17) is 0 Å². The third-order valence-electron chi connectivity index (χ3n) is 5.22. The zero-order valence-electron chi connectivity index (χ0n) is 16.7. The molecule has 0 N–H and O–H groups in total. The van der Waals surface area contributed by atoms with Gasteiger partial charge in [-0.05, 0) is 25.1 Å². The van der Waals surface area contributed by atoms with Gasteiger partial charge in [-0.15, -0.1) is 0 Å². The molecule has 3 aromatic heterocycles. The predicted molar refractivity (Wildman–Crippen MR) is 107 cm³/mol. The fraction of sp³-hybridized carbons (Fsp3) is 0.429. The first-order valence-corrected chi connectivity index (χ1v) is 9.55. The molecule has 28 heavy (non-hydrogen) atoms. The summed E-state index contributed by atoms with van der Waals surface area (Å²) >= 11 is 0. The largest absolute Gasteiger partial charge is 0.336 e. The van der Waals surface area contributed by atoms with E-state index >= 15 is 0 Å². The first-order valence-electron chi connectivity index (χ1n) is 9.55. The monoisotopic (exact) mass is 379 g/mol. The van der Waals surface area contributed by atoms with Crippen molar-refractivity contribution in [1.29, 1.82) is 0 Å². The van der Waals surface area contributed by atoms with Crippen LogP contribution in [0.5, 0.6) is 0 Å². The second-order valence-corrected chi connectivity index (χ2v) is 8.54. The Labute approximate surface area is 163 Å². The van der Waals surface area contributed by atoms with Gasteiger partial charge in [0.25, 0.3) is 11.5 Å². The summed E-state index contributed by atoms with van der Waals surface area (Å²) in [5.74, 6) is 0.208. The summed E-state index contributed by atoms with van der Waals surface area (Å²) in [6.07, 6.45) is 1.86. The first kappa shape index (κ1) is 18.4. The molecule has 1 fully saturated rings. The van der Waals surface area contributed by atoms with Gasteiger partial charge in [-0.3, -0.25) is 14.0 Å². The molecular formula is C21H25N5O2. The summed E-state index contributed by atoms with van der Waals surface area (Å²) in [5.41, 5.74) is 2.79. The van der Waals surface area contributed by atoms with Crippen LogP contribution in [-0.4, -0.2) is 43.1 Å². The van der Waals surface area contributed by atoms with E-state index < -0.39 is 0 Å². The van der Waals surface area contributed by atoms with Gasteiger partial charge in [0.15, 0.2) is 0 Å². The average molecular weight is 379 g/mol. The number of fused-ring (bicyclic) bond motifs is 1. The molecule has 0 unspecified atom stereocenters. The third-order valence-corrected chi connectivity index (χ3v) is 5.22. The Morgan fingerprint density at radius 3 is 2.64 bits per heavy atom. The molecule has 0 radical (unpaired) electrons. The molecular weight excluding hydrogens is 354 g/mol. The standard InChI is InChI=1S/C21H25N5O2/c1-14-19(25-10-6-5-7-17(25)22-14)20(28)24-11-15(12-24)13-26-18(27)9-8-16(23-26)21(2,3)4/h5-10,15H,11-13H2,1-4H3. The van der Waals surface area contributed by atoms with Crippen LogP contribution in [0.15, 0.2) is 41.3 Å². The van der Waals surface area contributed by atoms with Crippen molar-refractivity contribution in [2.75, 3.05) is 13.1 Å². The fourth-order valence-corrected chi connectivity index (χ4v) is 3.60. The number of amides is 1. The molecule has 1 saturated heterocycles. The molecule has 4 heterocycles. The summed E-state index contributed by atoms with van der Waals surface area (Å²) in [5, 5.41) is 4.53. The Kier molecular flexibility index (Phi) is 4.33. The highest BCUT2D eigenvalue weighted by molar-refractivity contribution is 5.95. The molecule has 0 aromatic carbocycles. The summed E-state index contributed by atoms with van der Waals surface area (Å²) in [4.78, 5) is 31.4. The summed E-state index contributed by atoms with van der Waals surface area (Å²) in [6, 6.07) is 9.07. The van der Waals surface area contributed by atoms with Crippen molar-refractivity contribution in [1.82, 2.24) is 24.1 Å². The molecule has 1 aliphatic heterocycles. The van der Waals surface area contributed by atoms with Crippen LogP contribution in [0.3, 0.4) is 0 Å². The Morgan fingerprint density at radius 1 is 1.18 bits per heavy atom. The van der Waals surface area contributed by atoms with Crippen LogP contribution in [0, 0.1) is 12.8 Å². The van der Waals surface area contributed by atoms with Crippen molar-refractivity contribution in [3.05, 3.63) is 64.0 Å². The van der Waals surface area contributed by atoms with Crippen molar-refractivity contribution >= 4 is 11.6 Å². The molecule has 0 spiro atoms.